The standard InChI is InChI=1S/C15H14BrN3O3/c16-13-7-6-12(22-13)14(20)18-10-2-4-11(5-3-10)19-9-1-8-17-15(19)21/h2-7H,1,8-9H2,(H,17,21)(H,18,20). The molecule has 2 N–H and O–H groups in total. The van der Waals surface area contributed by atoms with Crippen LogP contribution in [0, 0.1) is 0 Å². The maximum Gasteiger partial charge on any atom is 0.321 e. The number of anilines is 2. The molecule has 1 aromatic carbocycles. The van der Waals surface area contributed by atoms with Gasteiger partial charge in [0.2, 0.25) is 0 Å². The SMILES string of the molecule is O=C(Nc1ccc(N2CCCNC2=O)cc1)c1ccc(Br)o1. The fourth-order valence-corrected chi connectivity index (χ4v) is 2.54. The molecule has 1 aromatic heterocycles. The largest absolute Gasteiger partial charge is 0.444 e. The fraction of sp³-hybridized carbons (Fsp3) is 0.200. The lowest BCUT2D eigenvalue weighted by Crippen LogP contribution is -2.46. The van der Waals surface area contributed by atoms with Crippen molar-refractivity contribution in [2.75, 3.05) is 23.3 Å². The number of halogens is 1. The van der Waals surface area contributed by atoms with Gasteiger partial charge in [0.25, 0.3) is 5.91 Å². The summed E-state index contributed by atoms with van der Waals surface area (Å²) in [6.07, 6.45) is 0.914. The van der Waals surface area contributed by atoms with E-state index in [9.17, 15) is 9.59 Å². The highest BCUT2D eigenvalue weighted by Gasteiger charge is 2.19. The molecule has 2 aromatic rings. The summed E-state index contributed by atoms with van der Waals surface area (Å²) in [4.78, 5) is 25.4. The molecule has 0 unspecified atom stereocenters. The van der Waals surface area contributed by atoms with E-state index < -0.39 is 0 Å². The molecular formula is C15H14BrN3O3. The number of amides is 3. The van der Waals surface area contributed by atoms with E-state index in [-0.39, 0.29) is 17.7 Å². The Balaban J connectivity index is 1.69. The molecule has 0 saturated carbocycles. The molecule has 1 saturated heterocycles. The Morgan fingerprint density at radius 2 is 2.00 bits per heavy atom. The van der Waals surface area contributed by atoms with Crippen molar-refractivity contribution >= 4 is 39.2 Å². The van der Waals surface area contributed by atoms with Crippen LogP contribution in [0.2, 0.25) is 0 Å². The summed E-state index contributed by atoms with van der Waals surface area (Å²) in [7, 11) is 0. The molecule has 0 spiro atoms. The van der Waals surface area contributed by atoms with Crippen LogP contribution in [0.5, 0.6) is 0 Å². The summed E-state index contributed by atoms with van der Waals surface area (Å²) >= 11 is 3.16. The highest BCUT2D eigenvalue weighted by Crippen LogP contribution is 2.21. The third-order valence-corrected chi connectivity index (χ3v) is 3.74. The average molecular weight is 364 g/mol. The molecule has 3 rings (SSSR count). The van der Waals surface area contributed by atoms with Gasteiger partial charge < -0.3 is 15.1 Å². The van der Waals surface area contributed by atoms with Gasteiger partial charge >= 0.3 is 6.03 Å². The van der Waals surface area contributed by atoms with Crippen LogP contribution in [0.1, 0.15) is 17.0 Å². The smallest absolute Gasteiger partial charge is 0.321 e. The zero-order chi connectivity index (χ0) is 15.5. The van der Waals surface area contributed by atoms with Gasteiger partial charge in [0, 0.05) is 24.5 Å². The van der Waals surface area contributed by atoms with Crippen molar-refractivity contribution in [2.24, 2.45) is 0 Å². The number of benzene rings is 1. The van der Waals surface area contributed by atoms with Gasteiger partial charge in [0.1, 0.15) is 0 Å². The van der Waals surface area contributed by atoms with Crippen molar-refractivity contribution in [2.45, 2.75) is 6.42 Å². The first-order valence-electron chi connectivity index (χ1n) is 6.85. The Morgan fingerprint density at radius 3 is 2.64 bits per heavy atom. The van der Waals surface area contributed by atoms with Crippen molar-refractivity contribution < 1.29 is 14.0 Å². The van der Waals surface area contributed by atoms with E-state index in [1.54, 1.807) is 41.3 Å². The molecule has 0 bridgehead atoms. The minimum atomic E-state index is -0.325. The minimum Gasteiger partial charge on any atom is -0.444 e. The molecule has 22 heavy (non-hydrogen) atoms. The van der Waals surface area contributed by atoms with E-state index in [4.69, 9.17) is 4.42 Å². The second kappa shape index (κ2) is 6.23. The van der Waals surface area contributed by atoms with Gasteiger partial charge in [-0.05, 0) is 58.7 Å². The predicted octanol–water partition coefficient (Wildman–Crippen LogP) is 3.21. The van der Waals surface area contributed by atoms with E-state index in [0.717, 1.165) is 12.1 Å². The van der Waals surface area contributed by atoms with Gasteiger partial charge in [0.15, 0.2) is 10.4 Å². The number of carbonyl (C=O) groups is 2. The number of furan rings is 1. The highest BCUT2D eigenvalue weighted by molar-refractivity contribution is 9.10. The van der Waals surface area contributed by atoms with Gasteiger partial charge in [-0.3, -0.25) is 9.69 Å². The van der Waals surface area contributed by atoms with E-state index in [0.29, 0.717) is 23.4 Å². The molecule has 3 amide bonds. The van der Waals surface area contributed by atoms with Crippen LogP contribution in [0.3, 0.4) is 0 Å². The monoisotopic (exact) mass is 363 g/mol. The molecule has 1 aliphatic heterocycles. The van der Waals surface area contributed by atoms with E-state index in [1.807, 2.05) is 0 Å². The summed E-state index contributed by atoms with van der Waals surface area (Å²) in [6.45, 7) is 1.40. The molecule has 2 heterocycles. The van der Waals surface area contributed by atoms with Gasteiger partial charge in [-0.1, -0.05) is 0 Å². The maximum absolute atomic E-state index is 12.0. The summed E-state index contributed by atoms with van der Waals surface area (Å²) in [5.74, 6) is -0.0967. The van der Waals surface area contributed by atoms with Crippen molar-refractivity contribution in [1.82, 2.24) is 5.32 Å². The van der Waals surface area contributed by atoms with Gasteiger partial charge in [-0.15, -0.1) is 0 Å². The van der Waals surface area contributed by atoms with Crippen molar-refractivity contribution in [3.05, 3.63) is 46.8 Å². The number of hydrogen-bond donors (Lipinski definition) is 2. The Morgan fingerprint density at radius 1 is 1.23 bits per heavy atom. The number of carbonyl (C=O) groups excluding carboxylic acids is 2. The van der Waals surface area contributed by atoms with Crippen LogP contribution in [0.4, 0.5) is 16.2 Å². The first kappa shape index (κ1) is 14.6. The average Bonchev–Trinajstić information content (AvgIpc) is 2.95. The first-order chi connectivity index (χ1) is 10.6. The van der Waals surface area contributed by atoms with Crippen molar-refractivity contribution in [1.29, 1.82) is 0 Å². The maximum atomic E-state index is 12.0. The summed E-state index contributed by atoms with van der Waals surface area (Å²) < 4.78 is 5.70. The van der Waals surface area contributed by atoms with Crippen LogP contribution < -0.4 is 15.5 Å². The van der Waals surface area contributed by atoms with Gasteiger partial charge in [-0.2, -0.15) is 0 Å². The number of nitrogens with one attached hydrogen (secondary N) is 2. The summed E-state index contributed by atoms with van der Waals surface area (Å²) in [5.41, 5.74) is 1.44. The zero-order valence-corrected chi connectivity index (χ0v) is 13.2. The van der Waals surface area contributed by atoms with E-state index >= 15 is 0 Å². The molecular weight excluding hydrogens is 350 g/mol. The second-order valence-electron chi connectivity index (χ2n) is 4.84. The second-order valence-corrected chi connectivity index (χ2v) is 5.62. The first-order valence-corrected chi connectivity index (χ1v) is 7.65. The quantitative estimate of drug-likeness (QED) is 0.878. The van der Waals surface area contributed by atoms with E-state index in [1.165, 1.54) is 0 Å². The molecule has 0 aliphatic carbocycles. The van der Waals surface area contributed by atoms with Crippen LogP contribution in [-0.4, -0.2) is 25.0 Å². The molecule has 1 aliphatic rings. The molecule has 6 nitrogen and oxygen atoms in total. The van der Waals surface area contributed by atoms with Crippen molar-refractivity contribution in [3.8, 4) is 0 Å². The lowest BCUT2D eigenvalue weighted by molar-refractivity contribution is 0.0995. The lowest BCUT2D eigenvalue weighted by Gasteiger charge is -2.27. The minimum absolute atomic E-state index is 0.0940. The van der Waals surface area contributed by atoms with Crippen LogP contribution in [-0.2, 0) is 0 Å². The van der Waals surface area contributed by atoms with Crippen LogP contribution >= 0.6 is 15.9 Å². The predicted molar refractivity (Wildman–Crippen MR) is 86.2 cm³/mol. The topological polar surface area (TPSA) is 74.6 Å². The Bertz CT molecular complexity index is 696. The molecule has 0 radical (unpaired) electrons. The zero-order valence-electron chi connectivity index (χ0n) is 11.6. The van der Waals surface area contributed by atoms with Gasteiger partial charge in [-0.25, -0.2) is 4.79 Å². The number of nitrogens with zero attached hydrogens (tertiary/aromatic N) is 1. The van der Waals surface area contributed by atoms with Crippen molar-refractivity contribution in [3.63, 3.8) is 0 Å². The Kier molecular flexibility index (Phi) is 4.15. The number of hydrogen-bond acceptors (Lipinski definition) is 3. The summed E-state index contributed by atoms with van der Waals surface area (Å²) in [5, 5.41) is 5.54. The summed E-state index contributed by atoms with van der Waals surface area (Å²) in [6, 6.07) is 10.3. The molecule has 7 heteroatoms. The Labute approximate surface area is 135 Å². The normalized spacial score (nSPS) is 14.6. The lowest BCUT2D eigenvalue weighted by atomic mass is 10.2. The van der Waals surface area contributed by atoms with E-state index in [2.05, 4.69) is 26.6 Å². The third kappa shape index (κ3) is 3.14. The molecule has 114 valence electrons. The fourth-order valence-electron chi connectivity index (χ4n) is 2.23. The Hall–Kier alpha value is -2.28. The number of rotatable bonds is 3. The molecule has 1 fully saturated rings. The highest BCUT2D eigenvalue weighted by atomic mass is 79.9. The van der Waals surface area contributed by atoms with Crippen LogP contribution in [0.25, 0.3) is 0 Å². The van der Waals surface area contributed by atoms with Gasteiger partial charge in [0.05, 0.1) is 0 Å². The van der Waals surface area contributed by atoms with Crippen LogP contribution in [0.15, 0.2) is 45.5 Å². The third-order valence-electron chi connectivity index (χ3n) is 3.31. The molecule has 0 atom stereocenters. The number of urea groups is 1.